The number of rotatable bonds is 0. The molecule has 0 unspecified atom stereocenters. The van der Waals surface area contributed by atoms with E-state index < -0.39 is 0 Å². The van der Waals surface area contributed by atoms with Crippen LogP contribution in [0.15, 0.2) is 42.5 Å². The fourth-order valence-corrected chi connectivity index (χ4v) is 0.470. The van der Waals surface area contributed by atoms with E-state index >= 15 is 0 Å². The van der Waals surface area contributed by atoms with Crippen LogP contribution in [0.25, 0.3) is 0 Å². The van der Waals surface area contributed by atoms with E-state index in [4.69, 9.17) is 0 Å². The van der Waals surface area contributed by atoms with Crippen LogP contribution in [0.1, 0.15) is 0 Å². The molecule has 0 fully saturated rings. The molecule has 1 heteroatoms. The van der Waals surface area contributed by atoms with E-state index in [1.54, 1.807) is 0 Å². The third kappa shape index (κ3) is 4.46. The van der Waals surface area contributed by atoms with E-state index in [9.17, 15) is 0 Å². The summed E-state index contributed by atoms with van der Waals surface area (Å²) in [6.45, 7) is 0. The van der Waals surface area contributed by atoms with Crippen LogP contribution in [-0.2, 0) is 0 Å². The molecule has 0 N–H and O–H groups in total. The second kappa shape index (κ2) is 6.09. The van der Waals surface area contributed by atoms with Crippen LogP contribution in [0.2, 0.25) is 0 Å². The number of hydrogen-bond donors (Lipinski definition) is 0. The maximum atomic E-state index is 2.94. The zero-order valence-corrected chi connectivity index (χ0v) is 7.54. The second-order valence-corrected chi connectivity index (χ2v) is 1.46. The minimum absolute atomic E-state index is 0. The van der Waals surface area contributed by atoms with Gasteiger partial charge in [-0.1, -0.05) is 6.08 Å². The molecular weight excluding hydrogens is 119 g/mol. The van der Waals surface area contributed by atoms with Gasteiger partial charge >= 0.3 is 29.6 Å². The summed E-state index contributed by atoms with van der Waals surface area (Å²) in [7, 11) is 0. The van der Waals surface area contributed by atoms with E-state index in [-0.39, 0.29) is 29.6 Å². The molecule has 0 saturated carbocycles. The first kappa shape index (κ1) is 8.96. The van der Waals surface area contributed by atoms with Crippen LogP contribution in [0.5, 0.6) is 0 Å². The number of allylic oxidation sites excluding steroid dienone is 8. The van der Waals surface area contributed by atoms with Gasteiger partial charge in [0.2, 0.25) is 0 Å². The fourth-order valence-electron chi connectivity index (χ4n) is 0.470. The molecule has 0 saturated heterocycles. The van der Waals surface area contributed by atoms with Gasteiger partial charge in [0.05, 0.1) is 0 Å². The van der Waals surface area contributed by atoms with Crippen molar-refractivity contribution in [2.45, 2.75) is 0 Å². The van der Waals surface area contributed by atoms with Crippen LogP contribution >= 0.6 is 0 Å². The fraction of sp³-hybridized carbons (Fsp3) is 0. The van der Waals surface area contributed by atoms with Crippen LogP contribution in [0.3, 0.4) is 0 Å². The van der Waals surface area contributed by atoms with E-state index in [2.05, 4.69) is 6.08 Å². The first-order chi connectivity index (χ1) is 4.00. The van der Waals surface area contributed by atoms with Crippen molar-refractivity contribution in [2.24, 2.45) is 0 Å². The summed E-state index contributed by atoms with van der Waals surface area (Å²) in [4.78, 5) is 0. The van der Waals surface area contributed by atoms with E-state index in [0.29, 0.717) is 0 Å². The van der Waals surface area contributed by atoms with E-state index in [1.165, 1.54) is 0 Å². The van der Waals surface area contributed by atoms with E-state index in [0.717, 1.165) is 0 Å². The molecule has 1 aliphatic rings. The molecule has 0 heterocycles. The van der Waals surface area contributed by atoms with Gasteiger partial charge in [-0.2, -0.15) is 30.4 Å². The Balaban J connectivity index is 0.000000640. The van der Waals surface area contributed by atoms with Crippen molar-refractivity contribution in [3.05, 3.63) is 48.6 Å². The Kier molecular flexibility index (Phi) is 6.06. The molecule has 0 aromatic heterocycles. The van der Waals surface area contributed by atoms with Crippen LogP contribution < -0.4 is 29.6 Å². The molecule has 0 nitrogen and oxygen atoms in total. The second-order valence-electron chi connectivity index (χ2n) is 1.46. The zero-order chi connectivity index (χ0) is 5.66. The maximum absolute atomic E-state index is 2.94. The van der Waals surface area contributed by atoms with Gasteiger partial charge in [-0.3, -0.25) is 0 Å². The summed E-state index contributed by atoms with van der Waals surface area (Å²) >= 11 is 0. The Morgan fingerprint density at radius 2 is 1.44 bits per heavy atom. The summed E-state index contributed by atoms with van der Waals surface area (Å²) in [6.07, 6.45) is 16.5. The molecule has 40 valence electrons. The Bertz CT molecular complexity index is 105. The van der Waals surface area contributed by atoms with Gasteiger partial charge in [0.25, 0.3) is 0 Å². The molecule has 0 spiro atoms. The van der Waals surface area contributed by atoms with Gasteiger partial charge in [-0.25, -0.2) is 0 Å². The Morgan fingerprint density at radius 3 is 2.33 bits per heavy atom. The third-order valence-corrected chi connectivity index (χ3v) is 0.829. The maximum Gasteiger partial charge on any atom is 1.00 e. The summed E-state index contributed by atoms with van der Waals surface area (Å²) in [6, 6.07) is 0. The van der Waals surface area contributed by atoms with Crippen molar-refractivity contribution in [2.75, 3.05) is 0 Å². The molecule has 0 aromatic carbocycles. The van der Waals surface area contributed by atoms with Crippen molar-refractivity contribution in [1.82, 2.24) is 0 Å². The van der Waals surface area contributed by atoms with Gasteiger partial charge in [0, 0.05) is 0 Å². The standard InChI is InChI=1S/C8H7.Na/c1-2-4-6-8-7-5-3-1;/h1-7H;/q-1;+1/b2-1-,3-1?,4-2?,5-3-,6-4-,7-5?;. The van der Waals surface area contributed by atoms with Gasteiger partial charge in [-0.05, 0) is 0 Å². The quantitative estimate of drug-likeness (QED) is 0.289. The monoisotopic (exact) mass is 126 g/mol. The van der Waals surface area contributed by atoms with Crippen LogP contribution in [0.4, 0.5) is 0 Å². The van der Waals surface area contributed by atoms with Crippen molar-refractivity contribution < 1.29 is 29.6 Å². The predicted octanol–water partition coefficient (Wildman–Crippen LogP) is -0.968. The zero-order valence-electron chi connectivity index (χ0n) is 5.54. The van der Waals surface area contributed by atoms with Gasteiger partial charge < -0.3 is 0 Å². The van der Waals surface area contributed by atoms with Gasteiger partial charge in [0.1, 0.15) is 0 Å². The minimum Gasteiger partial charge on any atom is -0.184 e. The van der Waals surface area contributed by atoms with Crippen molar-refractivity contribution in [3.8, 4) is 0 Å². The summed E-state index contributed by atoms with van der Waals surface area (Å²) in [5.41, 5.74) is 0. The average Bonchev–Trinajstić information content (AvgIpc) is 1.62. The number of hydrogen-bond acceptors (Lipinski definition) is 0. The van der Waals surface area contributed by atoms with Crippen molar-refractivity contribution >= 4 is 0 Å². The third-order valence-electron chi connectivity index (χ3n) is 0.829. The van der Waals surface area contributed by atoms with Crippen LogP contribution in [0, 0.1) is 6.08 Å². The molecular formula is C8H7Na. The molecule has 1 aliphatic carbocycles. The molecule has 0 aromatic rings. The Morgan fingerprint density at radius 1 is 0.778 bits per heavy atom. The SMILES string of the molecule is [C-]1=C\C=C/C=C\C=C/1.[Na+]. The molecule has 0 amide bonds. The molecule has 0 atom stereocenters. The smallest absolute Gasteiger partial charge is 0.184 e. The van der Waals surface area contributed by atoms with Crippen LogP contribution in [-0.4, -0.2) is 0 Å². The predicted molar refractivity (Wildman–Crippen MR) is 35.2 cm³/mol. The molecule has 9 heavy (non-hydrogen) atoms. The Hall–Kier alpha value is -0.0400. The largest absolute Gasteiger partial charge is 1.00 e. The topological polar surface area (TPSA) is 0 Å². The Labute approximate surface area is 77.9 Å². The first-order valence-electron chi connectivity index (χ1n) is 2.58. The molecule has 0 bridgehead atoms. The normalized spacial score (nSPS) is 28.4. The summed E-state index contributed by atoms with van der Waals surface area (Å²) in [5, 5.41) is 0. The molecule has 0 radical (unpaired) electrons. The summed E-state index contributed by atoms with van der Waals surface area (Å²) in [5.74, 6) is 0. The molecule has 1 rings (SSSR count). The van der Waals surface area contributed by atoms with Gasteiger partial charge in [0.15, 0.2) is 0 Å². The first-order valence-corrected chi connectivity index (χ1v) is 2.58. The average molecular weight is 126 g/mol. The molecule has 0 aliphatic heterocycles. The van der Waals surface area contributed by atoms with Gasteiger partial charge in [-0.15, -0.1) is 12.2 Å². The summed E-state index contributed by atoms with van der Waals surface area (Å²) < 4.78 is 0. The van der Waals surface area contributed by atoms with Crippen molar-refractivity contribution in [3.63, 3.8) is 0 Å². The minimum atomic E-state index is 0. The van der Waals surface area contributed by atoms with E-state index in [1.807, 2.05) is 42.5 Å². The van der Waals surface area contributed by atoms with Crippen molar-refractivity contribution in [1.29, 1.82) is 0 Å².